The third kappa shape index (κ3) is 5.67. The van der Waals surface area contributed by atoms with Crippen LogP contribution in [0.2, 0.25) is 0 Å². The summed E-state index contributed by atoms with van der Waals surface area (Å²) in [5.74, 6) is 3.12. The Morgan fingerprint density at radius 2 is 1.96 bits per heavy atom. The van der Waals surface area contributed by atoms with Crippen LogP contribution < -0.4 is 24.8 Å². The standard InChI is InChI=1S/C21H33N3O4/c1-3-22-20(24-15-21(10-12-25-2)8-4-5-9-21)23-11-13-26-17-6-7-18-19(14-17)28-16-27-18/h6-7,14H,3-5,8-13,15-16H2,1-2H3,(H2,22,23,24). The van der Waals surface area contributed by atoms with E-state index in [-0.39, 0.29) is 6.79 Å². The molecule has 0 aromatic heterocycles. The lowest BCUT2D eigenvalue weighted by Crippen LogP contribution is -2.40. The number of rotatable bonds is 10. The lowest BCUT2D eigenvalue weighted by Gasteiger charge is -2.27. The second kappa shape index (κ2) is 10.4. The summed E-state index contributed by atoms with van der Waals surface area (Å²) in [5, 5.41) is 6.70. The summed E-state index contributed by atoms with van der Waals surface area (Å²) in [6, 6.07) is 5.63. The van der Waals surface area contributed by atoms with Gasteiger partial charge in [-0.15, -0.1) is 0 Å². The van der Waals surface area contributed by atoms with Gasteiger partial charge in [0.1, 0.15) is 12.4 Å². The molecule has 1 saturated carbocycles. The predicted molar refractivity (Wildman–Crippen MR) is 109 cm³/mol. The molecule has 1 aromatic carbocycles. The van der Waals surface area contributed by atoms with Crippen molar-refractivity contribution >= 4 is 5.96 Å². The smallest absolute Gasteiger partial charge is 0.231 e. The van der Waals surface area contributed by atoms with Gasteiger partial charge in [0.25, 0.3) is 0 Å². The van der Waals surface area contributed by atoms with Crippen LogP contribution in [-0.4, -0.2) is 52.7 Å². The first-order valence-corrected chi connectivity index (χ1v) is 10.3. The third-order valence-electron chi connectivity index (χ3n) is 5.42. The van der Waals surface area contributed by atoms with Crippen LogP contribution in [0.1, 0.15) is 39.0 Å². The van der Waals surface area contributed by atoms with Gasteiger partial charge < -0.3 is 29.6 Å². The Balaban J connectivity index is 1.46. The van der Waals surface area contributed by atoms with Crippen molar-refractivity contribution < 1.29 is 18.9 Å². The number of nitrogens with zero attached hydrogens (tertiary/aromatic N) is 1. The maximum atomic E-state index is 5.81. The summed E-state index contributed by atoms with van der Waals surface area (Å²) in [7, 11) is 1.78. The van der Waals surface area contributed by atoms with E-state index < -0.39 is 0 Å². The van der Waals surface area contributed by atoms with Crippen LogP contribution in [0.4, 0.5) is 0 Å². The number of methoxy groups -OCH3 is 1. The first kappa shape index (κ1) is 20.6. The molecule has 7 nitrogen and oxygen atoms in total. The van der Waals surface area contributed by atoms with Crippen molar-refractivity contribution in [3.05, 3.63) is 18.2 Å². The van der Waals surface area contributed by atoms with Crippen molar-refractivity contribution in [2.45, 2.75) is 39.0 Å². The molecule has 1 heterocycles. The maximum absolute atomic E-state index is 5.81. The Morgan fingerprint density at radius 3 is 2.75 bits per heavy atom. The minimum absolute atomic E-state index is 0.273. The number of aliphatic imine (C=N–C) groups is 1. The van der Waals surface area contributed by atoms with E-state index in [1.165, 1.54) is 25.7 Å². The molecular weight excluding hydrogens is 358 g/mol. The van der Waals surface area contributed by atoms with Gasteiger partial charge in [0, 0.05) is 32.9 Å². The molecule has 0 unspecified atom stereocenters. The van der Waals surface area contributed by atoms with Crippen molar-refractivity contribution in [2.24, 2.45) is 10.4 Å². The summed E-state index contributed by atoms with van der Waals surface area (Å²) in [5.41, 5.74) is 0.293. The van der Waals surface area contributed by atoms with Crippen LogP contribution in [0.25, 0.3) is 0 Å². The highest BCUT2D eigenvalue weighted by atomic mass is 16.7. The number of ether oxygens (including phenoxy) is 4. The number of guanidine groups is 1. The first-order valence-electron chi connectivity index (χ1n) is 10.3. The van der Waals surface area contributed by atoms with Crippen LogP contribution in [-0.2, 0) is 4.74 Å². The minimum Gasteiger partial charge on any atom is -0.492 e. The summed E-state index contributed by atoms with van der Waals surface area (Å²) in [6.45, 7) is 6.05. The van der Waals surface area contributed by atoms with Gasteiger partial charge >= 0.3 is 0 Å². The van der Waals surface area contributed by atoms with Gasteiger partial charge in [-0.05, 0) is 43.7 Å². The van der Waals surface area contributed by atoms with Gasteiger partial charge in [-0.1, -0.05) is 12.8 Å². The first-order chi connectivity index (χ1) is 13.7. The SMILES string of the molecule is CCNC(=NCC1(CCOC)CCCC1)NCCOc1ccc2c(c1)OCO2. The molecule has 0 amide bonds. The zero-order chi connectivity index (χ0) is 19.7. The van der Waals surface area contributed by atoms with Crippen molar-refractivity contribution in [3.63, 3.8) is 0 Å². The largest absolute Gasteiger partial charge is 0.492 e. The van der Waals surface area contributed by atoms with Crippen molar-refractivity contribution in [2.75, 3.05) is 46.8 Å². The normalized spacial score (nSPS) is 17.6. The van der Waals surface area contributed by atoms with Gasteiger partial charge in [-0.2, -0.15) is 0 Å². The second-order valence-corrected chi connectivity index (χ2v) is 7.44. The lowest BCUT2D eigenvalue weighted by molar-refractivity contribution is 0.141. The van der Waals surface area contributed by atoms with Gasteiger partial charge in [-0.25, -0.2) is 0 Å². The molecule has 2 aliphatic rings. The molecule has 28 heavy (non-hydrogen) atoms. The number of benzene rings is 1. The zero-order valence-electron chi connectivity index (χ0n) is 17.1. The topological polar surface area (TPSA) is 73.3 Å². The molecular formula is C21H33N3O4. The van der Waals surface area contributed by atoms with Crippen LogP contribution in [0, 0.1) is 5.41 Å². The van der Waals surface area contributed by atoms with E-state index in [1.54, 1.807) is 7.11 Å². The molecule has 1 aliphatic heterocycles. The van der Waals surface area contributed by atoms with Crippen molar-refractivity contribution in [1.82, 2.24) is 10.6 Å². The van der Waals surface area contributed by atoms with Crippen molar-refractivity contribution in [3.8, 4) is 17.2 Å². The minimum atomic E-state index is 0.273. The predicted octanol–water partition coefficient (Wildman–Crippen LogP) is 2.95. The lowest BCUT2D eigenvalue weighted by atomic mass is 9.83. The van der Waals surface area contributed by atoms with Crippen LogP contribution in [0.5, 0.6) is 17.2 Å². The number of fused-ring (bicyclic) bond motifs is 1. The van der Waals surface area contributed by atoms with E-state index in [9.17, 15) is 0 Å². The van der Waals surface area contributed by atoms with E-state index in [4.69, 9.17) is 23.9 Å². The average molecular weight is 392 g/mol. The molecule has 0 saturated heterocycles. The molecule has 0 bridgehead atoms. The van der Waals surface area contributed by atoms with Crippen LogP contribution in [0.15, 0.2) is 23.2 Å². The Hall–Kier alpha value is -2.15. The molecule has 0 spiro atoms. The number of hydrogen-bond acceptors (Lipinski definition) is 5. The van der Waals surface area contributed by atoms with E-state index in [0.717, 1.165) is 49.3 Å². The van der Waals surface area contributed by atoms with Gasteiger partial charge in [0.2, 0.25) is 6.79 Å². The average Bonchev–Trinajstić information content (AvgIpc) is 3.37. The molecule has 0 atom stereocenters. The van der Waals surface area contributed by atoms with E-state index in [0.29, 0.717) is 18.6 Å². The van der Waals surface area contributed by atoms with Crippen LogP contribution in [0.3, 0.4) is 0 Å². The molecule has 1 aliphatic carbocycles. The fourth-order valence-corrected chi connectivity index (χ4v) is 3.82. The Bertz CT molecular complexity index is 645. The summed E-state index contributed by atoms with van der Waals surface area (Å²) in [6.07, 6.45) is 6.16. The van der Waals surface area contributed by atoms with Gasteiger partial charge in [0.05, 0.1) is 6.54 Å². The monoisotopic (exact) mass is 391 g/mol. The molecule has 0 radical (unpaired) electrons. The summed E-state index contributed by atoms with van der Waals surface area (Å²) < 4.78 is 21.8. The fourth-order valence-electron chi connectivity index (χ4n) is 3.82. The Labute approximate surface area is 167 Å². The van der Waals surface area contributed by atoms with E-state index >= 15 is 0 Å². The highest BCUT2D eigenvalue weighted by molar-refractivity contribution is 5.79. The highest BCUT2D eigenvalue weighted by Gasteiger charge is 2.33. The molecule has 2 N–H and O–H groups in total. The number of hydrogen-bond donors (Lipinski definition) is 2. The summed E-state index contributed by atoms with van der Waals surface area (Å²) in [4.78, 5) is 4.86. The molecule has 1 aromatic rings. The van der Waals surface area contributed by atoms with Crippen LogP contribution >= 0.6 is 0 Å². The fraction of sp³-hybridized carbons (Fsp3) is 0.667. The third-order valence-corrected chi connectivity index (χ3v) is 5.42. The maximum Gasteiger partial charge on any atom is 0.231 e. The Kier molecular flexibility index (Phi) is 7.65. The van der Waals surface area contributed by atoms with Crippen molar-refractivity contribution in [1.29, 1.82) is 0 Å². The molecule has 1 fully saturated rings. The van der Waals surface area contributed by atoms with E-state index in [2.05, 4.69) is 17.6 Å². The van der Waals surface area contributed by atoms with E-state index in [1.807, 2.05) is 18.2 Å². The zero-order valence-corrected chi connectivity index (χ0v) is 17.1. The van der Waals surface area contributed by atoms with Gasteiger partial charge in [-0.3, -0.25) is 4.99 Å². The quantitative estimate of drug-likeness (QED) is 0.363. The molecule has 3 rings (SSSR count). The summed E-state index contributed by atoms with van der Waals surface area (Å²) >= 11 is 0. The van der Waals surface area contributed by atoms with Gasteiger partial charge in [0.15, 0.2) is 17.5 Å². The second-order valence-electron chi connectivity index (χ2n) is 7.44. The Morgan fingerprint density at radius 1 is 1.14 bits per heavy atom. The molecule has 156 valence electrons. The highest BCUT2D eigenvalue weighted by Crippen LogP contribution is 2.41. The molecule has 7 heteroatoms. The number of nitrogens with one attached hydrogen (secondary N) is 2.